The van der Waals surface area contributed by atoms with Crippen LogP contribution in [0.5, 0.6) is 11.5 Å². The molecule has 0 radical (unpaired) electrons. The fourth-order valence-electron chi connectivity index (χ4n) is 9.60. The molecule has 5 aromatic carbocycles. The number of fused-ring (bicyclic) bond motifs is 4. The van der Waals surface area contributed by atoms with Gasteiger partial charge in [-0.15, -0.1) is 0 Å². The number of azo groups is 2. The van der Waals surface area contributed by atoms with Crippen LogP contribution in [-0.4, -0.2) is 64.0 Å². The molecule has 9 rings (SSSR count). The molecule has 4 aliphatic rings. The maximum atomic E-state index is 14.8. The number of phenols is 1. The molecular weight excluding hydrogens is 876 g/mol. The van der Waals surface area contributed by atoms with Crippen molar-refractivity contribution >= 4 is 85.1 Å². The second-order valence-electron chi connectivity index (χ2n) is 16.9. The average molecular weight is 922 g/mol. The number of methoxy groups -OCH3 is 1. The van der Waals surface area contributed by atoms with Crippen molar-refractivity contribution in [1.29, 1.82) is 0 Å². The Kier molecular flexibility index (Phi) is 11.2. The molecule has 1 N–H and O–H groups in total. The van der Waals surface area contributed by atoms with Gasteiger partial charge < -0.3 is 19.6 Å². The summed E-state index contributed by atoms with van der Waals surface area (Å²) in [5, 5.41) is 28.2. The summed E-state index contributed by atoms with van der Waals surface area (Å²) in [4.78, 5) is 64.7. The minimum absolute atomic E-state index is 0.107. The van der Waals surface area contributed by atoms with Crippen molar-refractivity contribution in [2.75, 3.05) is 54.9 Å². The minimum Gasteiger partial charge on any atom is -0.503 e. The largest absolute Gasteiger partial charge is 0.503 e. The summed E-state index contributed by atoms with van der Waals surface area (Å²) in [6.45, 7) is 0. The van der Waals surface area contributed by atoms with E-state index in [1.807, 2.05) is 92.6 Å². The molecule has 0 spiro atoms. The average Bonchev–Trinajstić information content (AvgIpc) is 3.71. The van der Waals surface area contributed by atoms with Gasteiger partial charge in [0.15, 0.2) is 11.5 Å². The van der Waals surface area contributed by atoms with Crippen LogP contribution in [0.3, 0.4) is 0 Å². The van der Waals surface area contributed by atoms with Gasteiger partial charge in [-0.2, -0.15) is 20.5 Å². The first-order valence-corrected chi connectivity index (χ1v) is 21.7. The maximum Gasteiger partial charge on any atom is 0.238 e. The SMILES string of the molecule is COc1cc(C2C3=CCC4C(=O)N(c5ccc(N=Nc6ccc(N(C)C)cc6)cc5)C(=O)C4C3CC3C(=O)N(c4ccc(N=Nc5ccc(N(C)C)cc5)cc4)C(=O)C32)cc(Br)c1O. The van der Waals surface area contributed by atoms with E-state index in [0.29, 0.717) is 44.2 Å². The first-order chi connectivity index (χ1) is 30.8. The molecule has 4 amide bonds. The zero-order valence-electron chi connectivity index (χ0n) is 35.8. The van der Waals surface area contributed by atoms with E-state index in [1.165, 1.54) is 16.9 Å². The lowest BCUT2D eigenvalue weighted by atomic mass is 9.57. The van der Waals surface area contributed by atoms with Crippen molar-refractivity contribution in [3.63, 3.8) is 0 Å². The highest BCUT2D eigenvalue weighted by Crippen LogP contribution is 2.59. The third-order valence-corrected chi connectivity index (χ3v) is 13.4. The van der Waals surface area contributed by atoms with Crippen LogP contribution in [0.4, 0.5) is 45.5 Å². The number of phenolic OH excluding ortho intramolecular Hbond substituents is 1. The van der Waals surface area contributed by atoms with Crippen LogP contribution in [0.1, 0.15) is 24.3 Å². The van der Waals surface area contributed by atoms with Gasteiger partial charge in [0.25, 0.3) is 0 Å². The third kappa shape index (κ3) is 7.52. The third-order valence-electron chi connectivity index (χ3n) is 12.8. The second-order valence-corrected chi connectivity index (χ2v) is 17.7. The molecular formula is C49H45BrN8O6. The highest BCUT2D eigenvalue weighted by Gasteiger charge is 2.62. The number of halogens is 1. The predicted octanol–water partition coefficient (Wildman–Crippen LogP) is 10.2. The standard InChI is InChI=1S/C49H45BrN8O6/c1-55(2)32-14-6-28(7-15-32)51-53-30-10-18-34(19-11-30)57-46(60)37-23-22-36-38(43(37)48(57)62)26-39-44(42(36)27-24-40(50)45(59)41(25-27)64-5)49(63)58(47(39)61)35-20-12-31(13-21-35)54-52-29-8-16-33(17-9-29)56(3)4/h6-22,24-25,37-39,42-44,59H,23,26H2,1-5H3. The van der Waals surface area contributed by atoms with Crippen LogP contribution in [-0.2, 0) is 19.2 Å². The fourth-order valence-corrected chi connectivity index (χ4v) is 10.1. The van der Waals surface area contributed by atoms with E-state index < -0.39 is 35.5 Å². The van der Waals surface area contributed by atoms with Crippen molar-refractivity contribution in [1.82, 2.24) is 0 Å². The number of rotatable bonds is 10. The molecule has 5 aromatic rings. The number of hydrogen-bond acceptors (Lipinski definition) is 12. The van der Waals surface area contributed by atoms with Gasteiger partial charge in [0, 0.05) is 45.5 Å². The molecule has 2 aliphatic carbocycles. The van der Waals surface area contributed by atoms with Crippen molar-refractivity contribution in [2.45, 2.75) is 18.8 Å². The molecule has 15 heteroatoms. The quantitative estimate of drug-likeness (QED) is 0.0823. The Morgan fingerprint density at radius 2 is 1.03 bits per heavy atom. The predicted molar refractivity (Wildman–Crippen MR) is 248 cm³/mol. The lowest BCUT2D eigenvalue weighted by molar-refractivity contribution is -0.126. The van der Waals surface area contributed by atoms with E-state index >= 15 is 0 Å². The van der Waals surface area contributed by atoms with Crippen molar-refractivity contribution in [3.8, 4) is 11.5 Å². The van der Waals surface area contributed by atoms with E-state index in [4.69, 9.17) is 4.74 Å². The van der Waals surface area contributed by atoms with Crippen molar-refractivity contribution in [3.05, 3.63) is 131 Å². The molecule has 2 heterocycles. The van der Waals surface area contributed by atoms with E-state index in [1.54, 1.807) is 60.7 Å². The number of nitrogens with zero attached hydrogens (tertiary/aromatic N) is 8. The van der Waals surface area contributed by atoms with Crippen molar-refractivity contribution < 1.29 is 29.0 Å². The number of carbonyl (C=O) groups is 4. The second kappa shape index (κ2) is 16.9. The summed E-state index contributed by atoms with van der Waals surface area (Å²) in [6, 6.07) is 32.3. The smallest absolute Gasteiger partial charge is 0.238 e. The lowest BCUT2D eigenvalue weighted by Gasteiger charge is -2.44. The van der Waals surface area contributed by atoms with Crippen LogP contribution in [0.25, 0.3) is 0 Å². The van der Waals surface area contributed by atoms with Crippen LogP contribution in [0.15, 0.2) is 146 Å². The summed E-state index contributed by atoms with van der Waals surface area (Å²) in [6.07, 6.45) is 2.46. The molecule has 2 saturated heterocycles. The molecule has 0 bridgehead atoms. The van der Waals surface area contributed by atoms with Crippen LogP contribution < -0.4 is 24.3 Å². The normalized spacial score (nSPS) is 22.8. The molecule has 6 unspecified atom stereocenters. The summed E-state index contributed by atoms with van der Waals surface area (Å²) >= 11 is 3.46. The number of benzene rings is 5. The highest BCUT2D eigenvalue weighted by atomic mass is 79.9. The van der Waals surface area contributed by atoms with Gasteiger partial charge >= 0.3 is 0 Å². The van der Waals surface area contributed by atoms with Crippen LogP contribution >= 0.6 is 15.9 Å². The molecule has 14 nitrogen and oxygen atoms in total. The molecule has 0 aromatic heterocycles. The Bertz CT molecular complexity index is 2750. The number of ether oxygens (including phenoxy) is 1. The van der Waals surface area contributed by atoms with E-state index in [-0.39, 0.29) is 48.0 Å². The van der Waals surface area contributed by atoms with Gasteiger partial charge in [-0.3, -0.25) is 29.0 Å². The number of hydrogen-bond donors (Lipinski definition) is 1. The Labute approximate surface area is 378 Å². The number of imide groups is 2. The van der Waals surface area contributed by atoms with Gasteiger partial charge in [-0.1, -0.05) is 11.6 Å². The first-order valence-electron chi connectivity index (χ1n) is 20.9. The molecule has 2 aliphatic heterocycles. The summed E-state index contributed by atoms with van der Waals surface area (Å²) in [5.74, 6) is -5.57. The number of amides is 4. The Morgan fingerprint density at radius 3 is 1.48 bits per heavy atom. The fraction of sp³-hybridized carbons (Fsp3) is 0.265. The Hall–Kier alpha value is -7.00. The molecule has 6 atom stereocenters. The molecule has 1 saturated carbocycles. The number of anilines is 4. The minimum atomic E-state index is -0.826. The number of carbonyl (C=O) groups excluding carboxylic acids is 4. The topological polar surface area (TPSA) is 160 Å². The van der Waals surface area contributed by atoms with E-state index in [0.717, 1.165) is 16.9 Å². The van der Waals surface area contributed by atoms with Gasteiger partial charge in [-0.25, -0.2) is 0 Å². The first kappa shape index (κ1) is 42.3. The molecule has 324 valence electrons. The van der Waals surface area contributed by atoms with E-state index in [9.17, 15) is 24.3 Å². The van der Waals surface area contributed by atoms with Crippen LogP contribution in [0.2, 0.25) is 0 Å². The van der Waals surface area contributed by atoms with Crippen LogP contribution in [0, 0.1) is 29.6 Å². The summed E-state index contributed by atoms with van der Waals surface area (Å²) in [5.41, 5.74) is 6.78. The highest BCUT2D eigenvalue weighted by molar-refractivity contribution is 9.10. The summed E-state index contributed by atoms with van der Waals surface area (Å²) in [7, 11) is 9.29. The van der Waals surface area contributed by atoms with Gasteiger partial charge in [0.05, 0.1) is 69.4 Å². The zero-order valence-corrected chi connectivity index (χ0v) is 37.4. The zero-order chi connectivity index (χ0) is 45.0. The molecule has 3 fully saturated rings. The van der Waals surface area contributed by atoms with E-state index in [2.05, 4.69) is 36.4 Å². The van der Waals surface area contributed by atoms with Gasteiger partial charge in [0.1, 0.15) is 0 Å². The van der Waals surface area contributed by atoms with Crippen molar-refractivity contribution in [2.24, 2.45) is 50.0 Å². The monoisotopic (exact) mass is 920 g/mol. The Morgan fingerprint density at radius 1 is 0.594 bits per heavy atom. The lowest BCUT2D eigenvalue weighted by Crippen LogP contribution is -2.43. The molecule has 64 heavy (non-hydrogen) atoms. The van der Waals surface area contributed by atoms with Gasteiger partial charge in [-0.05, 0) is 149 Å². The van der Waals surface area contributed by atoms with Gasteiger partial charge in [0.2, 0.25) is 23.6 Å². The number of aromatic hydroxyl groups is 1. The number of allylic oxidation sites excluding steroid dienone is 2. The maximum absolute atomic E-state index is 14.8. The Balaban J connectivity index is 1.00. The summed E-state index contributed by atoms with van der Waals surface area (Å²) < 4.78 is 5.89.